The van der Waals surface area contributed by atoms with E-state index in [1.54, 1.807) is 0 Å². The van der Waals surface area contributed by atoms with Crippen molar-refractivity contribution in [3.05, 3.63) is 223 Å². The van der Waals surface area contributed by atoms with Crippen LogP contribution in [0.3, 0.4) is 0 Å². The van der Waals surface area contributed by atoms with Gasteiger partial charge in [-0.3, -0.25) is 0 Å². The van der Waals surface area contributed by atoms with Gasteiger partial charge >= 0.3 is 0 Å². The molecule has 0 atom stereocenters. The highest BCUT2D eigenvalue weighted by Crippen LogP contribution is 2.53. The van der Waals surface area contributed by atoms with E-state index in [0.717, 1.165) is 17.1 Å². The lowest BCUT2D eigenvalue weighted by Gasteiger charge is -2.30. The van der Waals surface area contributed by atoms with Gasteiger partial charge in [0.1, 0.15) is 0 Å². The van der Waals surface area contributed by atoms with Crippen molar-refractivity contribution < 1.29 is 0 Å². The minimum Gasteiger partial charge on any atom is -0.310 e. The first-order valence-electron chi connectivity index (χ1n) is 21.2. The maximum atomic E-state index is 2.48. The molecule has 1 aliphatic rings. The molecule has 0 saturated heterocycles. The second-order valence-corrected chi connectivity index (χ2v) is 18.0. The second-order valence-electron chi connectivity index (χ2n) is 16.9. The number of benzene rings is 10. The number of fused-ring (bicyclic) bond motifs is 9. The second kappa shape index (κ2) is 13.9. The Hall–Kier alpha value is -7.26. The summed E-state index contributed by atoms with van der Waals surface area (Å²) in [4.78, 5) is 2.48. The van der Waals surface area contributed by atoms with Crippen LogP contribution in [0.2, 0.25) is 0 Å². The van der Waals surface area contributed by atoms with Gasteiger partial charge in [0.05, 0.1) is 5.69 Å². The van der Waals surface area contributed by atoms with Gasteiger partial charge in [-0.2, -0.15) is 0 Å². The molecule has 1 heterocycles. The van der Waals surface area contributed by atoms with Crippen LogP contribution in [0, 0.1) is 0 Å². The Morgan fingerprint density at radius 2 is 0.918 bits per heavy atom. The van der Waals surface area contributed by atoms with E-state index < -0.39 is 0 Å². The summed E-state index contributed by atoms with van der Waals surface area (Å²) in [5.41, 5.74) is 15.9. The van der Waals surface area contributed by atoms with E-state index in [0.29, 0.717) is 0 Å². The Morgan fingerprint density at radius 3 is 1.75 bits per heavy atom. The fourth-order valence-electron chi connectivity index (χ4n) is 9.99. The van der Waals surface area contributed by atoms with Gasteiger partial charge < -0.3 is 4.90 Å². The maximum absolute atomic E-state index is 2.48. The number of hydrogen-bond donors (Lipinski definition) is 0. The molecule has 2 heteroatoms. The average Bonchev–Trinajstić information content (AvgIpc) is 3.80. The van der Waals surface area contributed by atoms with Gasteiger partial charge in [0.15, 0.2) is 0 Å². The molecule has 1 aliphatic carbocycles. The van der Waals surface area contributed by atoms with Crippen LogP contribution in [0.5, 0.6) is 0 Å². The van der Waals surface area contributed by atoms with Crippen LogP contribution in [0.15, 0.2) is 212 Å². The SMILES string of the molecule is CC1(C)c2cc(-c3cc4ccccc4c4ccccc34)ccc2-c2ccc(N(c3ccc4sc5ccccc5c4c3)c3ccccc3-c3ccc(-c4ccccc4)cc3)cc21. The summed E-state index contributed by atoms with van der Waals surface area (Å²) in [5.74, 6) is 0. The van der Waals surface area contributed by atoms with E-state index in [-0.39, 0.29) is 5.41 Å². The van der Waals surface area contributed by atoms with Gasteiger partial charge in [0.25, 0.3) is 0 Å². The molecule has 0 fully saturated rings. The predicted molar refractivity (Wildman–Crippen MR) is 263 cm³/mol. The number of anilines is 3. The Labute approximate surface area is 360 Å². The molecular formula is C59H41NS. The first kappa shape index (κ1) is 35.7. The quantitative estimate of drug-likeness (QED) is 0.152. The minimum atomic E-state index is -0.227. The fourth-order valence-corrected chi connectivity index (χ4v) is 11.1. The monoisotopic (exact) mass is 795 g/mol. The highest BCUT2D eigenvalue weighted by Gasteiger charge is 2.36. The molecule has 1 nitrogen and oxygen atoms in total. The van der Waals surface area contributed by atoms with Crippen LogP contribution in [0.25, 0.3) is 86.2 Å². The molecule has 12 rings (SSSR count). The number of rotatable bonds is 6. The van der Waals surface area contributed by atoms with Crippen LogP contribution in [-0.2, 0) is 5.41 Å². The molecule has 10 aromatic carbocycles. The lowest BCUT2D eigenvalue weighted by Crippen LogP contribution is -2.17. The third-order valence-corrected chi connectivity index (χ3v) is 14.2. The first-order valence-corrected chi connectivity index (χ1v) is 22.0. The lowest BCUT2D eigenvalue weighted by atomic mass is 9.81. The van der Waals surface area contributed by atoms with Gasteiger partial charge in [-0.25, -0.2) is 0 Å². The number of nitrogens with zero attached hydrogens (tertiary/aromatic N) is 1. The molecule has 11 aromatic rings. The summed E-state index contributed by atoms with van der Waals surface area (Å²) in [6.45, 7) is 4.81. The topological polar surface area (TPSA) is 3.24 Å². The number of hydrogen-bond acceptors (Lipinski definition) is 2. The van der Waals surface area contributed by atoms with Crippen molar-refractivity contribution in [1.29, 1.82) is 0 Å². The molecule has 0 radical (unpaired) electrons. The zero-order valence-corrected chi connectivity index (χ0v) is 34.9. The van der Waals surface area contributed by atoms with E-state index >= 15 is 0 Å². The Balaban J connectivity index is 1.01. The Bertz CT molecular complexity index is 3500. The van der Waals surface area contributed by atoms with Gasteiger partial charge in [-0.1, -0.05) is 172 Å². The third-order valence-electron chi connectivity index (χ3n) is 13.1. The number of para-hydroxylation sites is 1. The molecule has 0 unspecified atom stereocenters. The van der Waals surface area contributed by atoms with Crippen LogP contribution in [0.4, 0.5) is 17.1 Å². The summed E-state index contributed by atoms with van der Waals surface area (Å²) in [6.07, 6.45) is 0. The smallest absolute Gasteiger partial charge is 0.0540 e. The minimum absolute atomic E-state index is 0.227. The molecule has 288 valence electrons. The standard InChI is InChI=1S/C59H41NS/c1-59(2)54-35-42(52-34-41-16-6-7-17-45(41)47-19-8-9-20-48(47)52)28-31-49(54)50-32-29-44(37-55(50)59)60(43-30-33-58-53(36-43)51-21-11-13-23-57(51)61-58)56-22-12-10-18-46(56)40-26-24-39(25-27-40)38-14-4-3-5-15-38/h3-37H,1-2H3. The fraction of sp³-hybridized carbons (Fsp3) is 0.0508. The van der Waals surface area contributed by atoms with Crippen molar-refractivity contribution >= 4 is 70.1 Å². The predicted octanol–water partition coefficient (Wildman–Crippen LogP) is 17.1. The van der Waals surface area contributed by atoms with Gasteiger partial charge in [0, 0.05) is 42.5 Å². The van der Waals surface area contributed by atoms with Crippen LogP contribution >= 0.6 is 11.3 Å². The van der Waals surface area contributed by atoms with Crippen molar-refractivity contribution in [2.24, 2.45) is 0 Å². The summed E-state index contributed by atoms with van der Waals surface area (Å²) in [7, 11) is 0. The van der Waals surface area contributed by atoms with Crippen molar-refractivity contribution in [3.63, 3.8) is 0 Å². The highest BCUT2D eigenvalue weighted by atomic mass is 32.1. The van der Waals surface area contributed by atoms with Crippen LogP contribution < -0.4 is 4.90 Å². The van der Waals surface area contributed by atoms with Crippen molar-refractivity contribution in [2.75, 3.05) is 4.90 Å². The van der Waals surface area contributed by atoms with E-state index in [2.05, 4.69) is 231 Å². The molecule has 0 N–H and O–H groups in total. The van der Waals surface area contributed by atoms with Gasteiger partial charge in [-0.15, -0.1) is 11.3 Å². The third kappa shape index (κ3) is 5.74. The molecule has 0 saturated carbocycles. The Kier molecular flexibility index (Phi) is 8.13. The van der Waals surface area contributed by atoms with Crippen molar-refractivity contribution in [3.8, 4) is 44.5 Å². The zero-order valence-electron chi connectivity index (χ0n) is 34.1. The normalized spacial score (nSPS) is 12.9. The summed E-state index contributed by atoms with van der Waals surface area (Å²) >= 11 is 1.86. The van der Waals surface area contributed by atoms with E-state index in [1.165, 1.54) is 97.4 Å². The summed E-state index contributed by atoms with van der Waals surface area (Å²) < 4.78 is 2.61. The lowest BCUT2D eigenvalue weighted by molar-refractivity contribution is 0.660. The summed E-state index contributed by atoms with van der Waals surface area (Å²) in [6, 6.07) is 78.7. The maximum Gasteiger partial charge on any atom is 0.0540 e. The highest BCUT2D eigenvalue weighted by molar-refractivity contribution is 7.25. The molecule has 0 spiro atoms. The molecule has 1 aromatic heterocycles. The van der Waals surface area contributed by atoms with Crippen LogP contribution in [0.1, 0.15) is 25.0 Å². The first-order chi connectivity index (χ1) is 30.0. The average molecular weight is 796 g/mol. The van der Waals surface area contributed by atoms with Gasteiger partial charge in [-0.05, 0) is 126 Å². The Morgan fingerprint density at radius 1 is 0.344 bits per heavy atom. The van der Waals surface area contributed by atoms with Crippen molar-refractivity contribution in [1.82, 2.24) is 0 Å². The largest absolute Gasteiger partial charge is 0.310 e. The molecule has 0 amide bonds. The van der Waals surface area contributed by atoms with Gasteiger partial charge in [0.2, 0.25) is 0 Å². The van der Waals surface area contributed by atoms with E-state index in [9.17, 15) is 0 Å². The molecule has 0 aliphatic heterocycles. The molecular weight excluding hydrogens is 755 g/mol. The van der Waals surface area contributed by atoms with E-state index in [4.69, 9.17) is 0 Å². The summed E-state index contributed by atoms with van der Waals surface area (Å²) in [5, 5.41) is 7.74. The zero-order chi connectivity index (χ0) is 40.7. The van der Waals surface area contributed by atoms with Crippen molar-refractivity contribution in [2.45, 2.75) is 19.3 Å². The number of thiophene rings is 1. The van der Waals surface area contributed by atoms with E-state index in [1.807, 2.05) is 11.3 Å². The molecule has 61 heavy (non-hydrogen) atoms. The van der Waals surface area contributed by atoms with Crippen LogP contribution in [-0.4, -0.2) is 0 Å². The molecule has 0 bridgehead atoms.